The molecule has 0 bridgehead atoms. The van der Waals surface area contributed by atoms with Crippen LogP contribution in [-0.2, 0) is 11.2 Å². The van der Waals surface area contributed by atoms with Crippen molar-refractivity contribution < 1.29 is 9.53 Å². The highest BCUT2D eigenvalue weighted by Gasteiger charge is 1.97. The second-order valence-electron chi connectivity index (χ2n) is 3.18. The van der Waals surface area contributed by atoms with Gasteiger partial charge in [-0.1, -0.05) is 12.1 Å². The van der Waals surface area contributed by atoms with Crippen LogP contribution in [0.2, 0.25) is 0 Å². The Kier molecular flexibility index (Phi) is 3.50. The summed E-state index contributed by atoms with van der Waals surface area (Å²) in [4.78, 5) is 10.2. The summed E-state index contributed by atoms with van der Waals surface area (Å²) < 4.78 is 5.46. The summed E-state index contributed by atoms with van der Waals surface area (Å²) >= 11 is 0. The minimum atomic E-state index is 0.192. The van der Waals surface area contributed by atoms with Crippen molar-refractivity contribution in [2.24, 2.45) is 0 Å². The molecule has 0 aromatic heterocycles. The van der Waals surface area contributed by atoms with E-state index in [1.165, 1.54) is 0 Å². The van der Waals surface area contributed by atoms with E-state index in [0.29, 0.717) is 6.42 Å². The lowest BCUT2D eigenvalue weighted by atomic mass is 10.2. The molecule has 2 nitrogen and oxygen atoms in total. The van der Waals surface area contributed by atoms with E-state index in [9.17, 15) is 4.79 Å². The third-order valence-corrected chi connectivity index (χ3v) is 1.61. The van der Waals surface area contributed by atoms with E-state index >= 15 is 0 Å². The van der Waals surface area contributed by atoms with E-state index in [4.69, 9.17) is 4.74 Å². The van der Waals surface area contributed by atoms with Gasteiger partial charge in [-0.15, -0.1) is 0 Å². The summed E-state index contributed by atoms with van der Waals surface area (Å²) in [6.45, 7) is 3.97. The highest BCUT2D eigenvalue weighted by atomic mass is 16.5. The van der Waals surface area contributed by atoms with E-state index in [1.807, 2.05) is 38.1 Å². The SMILES string of the molecule is CC(C)Oc1ccc(CC=O)cc1. The molecule has 0 atom stereocenters. The molecule has 0 radical (unpaired) electrons. The van der Waals surface area contributed by atoms with Crippen LogP contribution in [0.15, 0.2) is 24.3 Å². The third-order valence-electron chi connectivity index (χ3n) is 1.61. The maximum Gasteiger partial charge on any atom is 0.124 e. The molecule has 2 heteroatoms. The highest BCUT2D eigenvalue weighted by Crippen LogP contribution is 2.13. The van der Waals surface area contributed by atoms with Gasteiger partial charge in [-0.05, 0) is 31.5 Å². The Bertz CT molecular complexity index is 262. The Morgan fingerprint density at radius 3 is 2.38 bits per heavy atom. The lowest BCUT2D eigenvalue weighted by Crippen LogP contribution is -2.05. The fraction of sp³-hybridized carbons (Fsp3) is 0.364. The molecule has 0 fully saturated rings. The monoisotopic (exact) mass is 178 g/mol. The van der Waals surface area contributed by atoms with Crippen molar-refractivity contribution in [2.75, 3.05) is 0 Å². The number of carbonyl (C=O) groups excluding carboxylic acids is 1. The zero-order valence-corrected chi connectivity index (χ0v) is 7.99. The van der Waals surface area contributed by atoms with E-state index in [2.05, 4.69) is 0 Å². The van der Waals surface area contributed by atoms with Gasteiger partial charge in [-0.25, -0.2) is 0 Å². The molecule has 0 amide bonds. The number of ether oxygens (including phenoxy) is 1. The summed E-state index contributed by atoms with van der Waals surface area (Å²) in [5.74, 6) is 0.852. The van der Waals surface area contributed by atoms with Gasteiger partial charge in [0.05, 0.1) is 6.10 Å². The molecule has 1 aromatic rings. The Hall–Kier alpha value is -1.31. The maximum atomic E-state index is 10.2. The molecular weight excluding hydrogens is 164 g/mol. The van der Waals surface area contributed by atoms with Gasteiger partial charge < -0.3 is 9.53 Å². The Morgan fingerprint density at radius 2 is 1.92 bits per heavy atom. The first kappa shape index (κ1) is 9.78. The summed E-state index contributed by atoms with van der Waals surface area (Å²) in [7, 11) is 0. The molecule has 0 spiro atoms. The van der Waals surface area contributed by atoms with Crippen LogP contribution in [0, 0.1) is 0 Å². The van der Waals surface area contributed by atoms with Gasteiger partial charge >= 0.3 is 0 Å². The van der Waals surface area contributed by atoms with Crippen LogP contribution in [0.5, 0.6) is 5.75 Å². The molecule has 0 aliphatic carbocycles. The number of aldehydes is 1. The molecule has 1 rings (SSSR count). The standard InChI is InChI=1S/C11H14O2/c1-9(2)13-11-5-3-10(4-6-11)7-8-12/h3-6,8-9H,7H2,1-2H3. The molecule has 0 saturated heterocycles. The third kappa shape index (κ3) is 3.28. The fourth-order valence-electron chi connectivity index (χ4n) is 1.07. The molecule has 13 heavy (non-hydrogen) atoms. The summed E-state index contributed by atoms with van der Waals surface area (Å²) in [6.07, 6.45) is 1.57. The van der Waals surface area contributed by atoms with Crippen LogP contribution in [0.25, 0.3) is 0 Å². The second-order valence-corrected chi connectivity index (χ2v) is 3.18. The van der Waals surface area contributed by atoms with Crippen LogP contribution in [0.1, 0.15) is 19.4 Å². The second kappa shape index (κ2) is 4.65. The topological polar surface area (TPSA) is 26.3 Å². The van der Waals surface area contributed by atoms with Crippen molar-refractivity contribution in [3.8, 4) is 5.75 Å². The van der Waals surface area contributed by atoms with E-state index in [0.717, 1.165) is 17.6 Å². The van der Waals surface area contributed by atoms with Gasteiger partial charge in [0.15, 0.2) is 0 Å². The number of carbonyl (C=O) groups is 1. The van der Waals surface area contributed by atoms with Crippen molar-refractivity contribution in [3.63, 3.8) is 0 Å². The van der Waals surface area contributed by atoms with Gasteiger partial charge in [0, 0.05) is 6.42 Å². The quantitative estimate of drug-likeness (QED) is 0.661. The molecular formula is C11H14O2. The molecule has 0 N–H and O–H groups in total. The Labute approximate surface area is 78.5 Å². The largest absolute Gasteiger partial charge is 0.491 e. The molecule has 0 aliphatic rings. The van der Waals surface area contributed by atoms with Crippen LogP contribution < -0.4 is 4.74 Å². The zero-order chi connectivity index (χ0) is 9.68. The Balaban J connectivity index is 2.63. The number of benzene rings is 1. The average molecular weight is 178 g/mol. The summed E-state index contributed by atoms with van der Waals surface area (Å²) in [6, 6.07) is 7.59. The van der Waals surface area contributed by atoms with Crippen LogP contribution in [0.3, 0.4) is 0 Å². The zero-order valence-electron chi connectivity index (χ0n) is 7.99. The summed E-state index contributed by atoms with van der Waals surface area (Å²) in [5, 5.41) is 0. The fourth-order valence-corrected chi connectivity index (χ4v) is 1.07. The average Bonchev–Trinajstić information content (AvgIpc) is 2.08. The molecule has 70 valence electrons. The normalized spacial score (nSPS) is 10.1. The number of hydrogen-bond acceptors (Lipinski definition) is 2. The van der Waals surface area contributed by atoms with Crippen molar-refractivity contribution in [3.05, 3.63) is 29.8 Å². The van der Waals surface area contributed by atoms with Crippen molar-refractivity contribution in [1.82, 2.24) is 0 Å². The van der Waals surface area contributed by atoms with Crippen LogP contribution in [0.4, 0.5) is 0 Å². The number of hydrogen-bond donors (Lipinski definition) is 0. The van der Waals surface area contributed by atoms with Crippen molar-refractivity contribution >= 4 is 6.29 Å². The van der Waals surface area contributed by atoms with Crippen molar-refractivity contribution in [2.45, 2.75) is 26.4 Å². The first-order valence-electron chi connectivity index (χ1n) is 4.41. The molecule has 1 aromatic carbocycles. The predicted molar refractivity (Wildman–Crippen MR) is 52.0 cm³/mol. The van der Waals surface area contributed by atoms with E-state index < -0.39 is 0 Å². The lowest BCUT2D eigenvalue weighted by Gasteiger charge is -2.09. The molecule has 0 heterocycles. The number of rotatable bonds is 4. The minimum Gasteiger partial charge on any atom is -0.491 e. The van der Waals surface area contributed by atoms with Gasteiger partial charge in [0.25, 0.3) is 0 Å². The van der Waals surface area contributed by atoms with E-state index in [-0.39, 0.29) is 6.10 Å². The van der Waals surface area contributed by atoms with Gasteiger partial charge in [0.1, 0.15) is 12.0 Å². The van der Waals surface area contributed by atoms with Crippen LogP contribution >= 0.6 is 0 Å². The van der Waals surface area contributed by atoms with Crippen molar-refractivity contribution in [1.29, 1.82) is 0 Å². The van der Waals surface area contributed by atoms with E-state index in [1.54, 1.807) is 0 Å². The van der Waals surface area contributed by atoms with Gasteiger partial charge in [0.2, 0.25) is 0 Å². The highest BCUT2D eigenvalue weighted by molar-refractivity contribution is 5.55. The maximum absolute atomic E-state index is 10.2. The Morgan fingerprint density at radius 1 is 1.31 bits per heavy atom. The van der Waals surface area contributed by atoms with Gasteiger partial charge in [-0.2, -0.15) is 0 Å². The lowest BCUT2D eigenvalue weighted by molar-refractivity contribution is -0.107. The van der Waals surface area contributed by atoms with Crippen LogP contribution in [-0.4, -0.2) is 12.4 Å². The minimum absolute atomic E-state index is 0.192. The molecule has 0 saturated carbocycles. The predicted octanol–water partition coefficient (Wildman–Crippen LogP) is 2.22. The first-order chi connectivity index (χ1) is 6.22. The molecule has 0 unspecified atom stereocenters. The molecule has 0 aliphatic heterocycles. The van der Waals surface area contributed by atoms with Gasteiger partial charge in [-0.3, -0.25) is 0 Å². The first-order valence-corrected chi connectivity index (χ1v) is 4.41. The summed E-state index contributed by atoms with van der Waals surface area (Å²) in [5.41, 5.74) is 1.02. The smallest absolute Gasteiger partial charge is 0.124 e.